The van der Waals surface area contributed by atoms with Gasteiger partial charge in [-0.25, -0.2) is 14.4 Å². The van der Waals surface area contributed by atoms with Crippen molar-refractivity contribution in [2.24, 2.45) is 5.92 Å². The highest BCUT2D eigenvalue weighted by molar-refractivity contribution is 5.40. The number of benzene rings is 1. The van der Waals surface area contributed by atoms with Gasteiger partial charge in [-0.1, -0.05) is 6.07 Å². The summed E-state index contributed by atoms with van der Waals surface area (Å²) in [5, 5.41) is 0. The minimum absolute atomic E-state index is 0.242. The molecule has 3 aromatic rings. The molecule has 27 heavy (non-hydrogen) atoms. The molecule has 0 saturated carbocycles. The lowest BCUT2D eigenvalue weighted by Gasteiger charge is -2.33. The van der Waals surface area contributed by atoms with E-state index in [0.29, 0.717) is 12.5 Å². The molecule has 0 spiro atoms. The average Bonchev–Trinajstić information content (AvgIpc) is 3.21. The van der Waals surface area contributed by atoms with Gasteiger partial charge >= 0.3 is 0 Å². The van der Waals surface area contributed by atoms with Crippen LogP contribution >= 0.6 is 0 Å². The fourth-order valence-corrected chi connectivity index (χ4v) is 3.44. The Labute approximate surface area is 158 Å². The molecule has 0 bridgehead atoms. The molecule has 0 radical (unpaired) electrons. The maximum atomic E-state index is 13.0. The van der Waals surface area contributed by atoms with Gasteiger partial charge in [0, 0.05) is 44.1 Å². The van der Waals surface area contributed by atoms with Crippen molar-refractivity contribution >= 4 is 5.82 Å². The molecule has 140 valence electrons. The molecule has 1 aliphatic rings. The minimum atomic E-state index is -0.242. The van der Waals surface area contributed by atoms with Crippen molar-refractivity contribution in [3.05, 3.63) is 72.7 Å². The number of hydrogen-bond donors (Lipinski definition) is 0. The number of anilines is 1. The quantitative estimate of drug-likeness (QED) is 0.666. The molecule has 1 aliphatic heterocycles. The predicted molar refractivity (Wildman–Crippen MR) is 102 cm³/mol. The van der Waals surface area contributed by atoms with E-state index in [1.807, 2.05) is 23.3 Å². The summed E-state index contributed by atoms with van der Waals surface area (Å²) >= 11 is 0. The number of aromatic nitrogens is 3. The Balaban J connectivity index is 1.32. The molecule has 0 N–H and O–H groups in total. The monoisotopic (exact) mass is 366 g/mol. The topological polar surface area (TPSA) is 43.2 Å². The van der Waals surface area contributed by atoms with Crippen molar-refractivity contribution in [2.75, 3.05) is 24.6 Å². The molecule has 6 heteroatoms. The Morgan fingerprint density at radius 2 is 2.04 bits per heavy atom. The van der Waals surface area contributed by atoms with E-state index >= 15 is 0 Å². The van der Waals surface area contributed by atoms with E-state index in [1.54, 1.807) is 18.3 Å². The minimum Gasteiger partial charge on any atom is -0.493 e. The number of ether oxygens (including phenoxy) is 1. The summed E-state index contributed by atoms with van der Waals surface area (Å²) in [6.45, 7) is 3.36. The molecule has 0 unspecified atom stereocenters. The Morgan fingerprint density at radius 3 is 2.78 bits per heavy atom. The molecule has 1 aromatic carbocycles. The van der Waals surface area contributed by atoms with Crippen LogP contribution in [0.25, 0.3) is 0 Å². The van der Waals surface area contributed by atoms with Gasteiger partial charge in [0.05, 0.1) is 12.9 Å². The third-order valence-corrected chi connectivity index (χ3v) is 4.88. The van der Waals surface area contributed by atoms with Gasteiger partial charge in [0.2, 0.25) is 0 Å². The number of halogens is 1. The van der Waals surface area contributed by atoms with Crippen LogP contribution in [0.4, 0.5) is 10.2 Å². The van der Waals surface area contributed by atoms with Crippen LogP contribution in [0.5, 0.6) is 5.75 Å². The van der Waals surface area contributed by atoms with E-state index < -0.39 is 0 Å². The number of imidazole rings is 1. The van der Waals surface area contributed by atoms with Crippen LogP contribution in [0, 0.1) is 11.7 Å². The Morgan fingerprint density at radius 1 is 1.15 bits per heavy atom. The highest BCUT2D eigenvalue weighted by Crippen LogP contribution is 2.23. The van der Waals surface area contributed by atoms with Crippen molar-refractivity contribution in [1.82, 2.24) is 14.5 Å². The summed E-state index contributed by atoms with van der Waals surface area (Å²) in [7, 11) is 0. The van der Waals surface area contributed by atoms with E-state index in [1.165, 1.54) is 12.1 Å². The standard InChI is InChI=1S/C21H23FN4O/c22-19-4-6-20(7-5-19)27-15-18-2-1-10-26(14-18)21-8-3-17(12-24-21)13-25-11-9-23-16-25/h3-9,11-12,16,18H,1-2,10,13-15H2/t18-/m1/s1. The van der Waals surface area contributed by atoms with Crippen LogP contribution in [0.2, 0.25) is 0 Å². The SMILES string of the molecule is Fc1ccc(OC[C@@H]2CCCN(c3ccc(Cn4ccnc4)cn3)C2)cc1. The number of pyridine rings is 1. The molecule has 3 heterocycles. The molecule has 0 aliphatic carbocycles. The Hall–Kier alpha value is -2.89. The number of hydrogen-bond acceptors (Lipinski definition) is 4. The molecule has 2 aromatic heterocycles. The van der Waals surface area contributed by atoms with Gasteiger partial charge in [0.15, 0.2) is 0 Å². The van der Waals surface area contributed by atoms with Gasteiger partial charge in [-0.05, 0) is 48.7 Å². The zero-order valence-corrected chi connectivity index (χ0v) is 15.2. The Bertz CT molecular complexity index is 834. The predicted octanol–water partition coefficient (Wildman–Crippen LogP) is 3.76. The zero-order chi connectivity index (χ0) is 18.5. The summed E-state index contributed by atoms with van der Waals surface area (Å²) in [5.41, 5.74) is 1.16. The molecule has 0 amide bonds. The fourth-order valence-electron chi connectivity index (χ4n) is 3.44. The highest BCUT2D eigenvalue weighted by atomic mass is 19.1. The van der Waals surface area contributed by atoms with Crippen molar-refractivity contribution in [3.63, 3.8) is 0 Å². The highest BCUT2D eigenvalue weighted by Gasteiger charge is 2.21. The van der Waals surface area contributed by atoms with Gasteiger partial charge in [-0.2, -0.15) is 0 Å². The number of nitrogens with zero attached hydrogens (tertiary/aromatic N) is 4. The second-order valence-corrected chi connectivity index (χ2v) is 6.98. The smallest absolute Gasteiger partial charge is 0.128 e. The first-order valence-corrected chi connectivity index (χ1v) is 9.30. The van der Waals surface area contributed by atoms with Crippen molar-refractivity contribution in [2.45, 2.75) is 19.4 Å². The molecular weight excluding hydrogens is 343 g/mol. The molecule has 1 atom stereocenters. The maximum absolute atomic E-state index is 13.0. The van der Waals surface area contributed by atoms with Crippen LogP contribution in [0.3, 0.4) is 0 Å². The van der Waals surface area contributed by atoms with Crippen molar-refractivity contribution in [1.29, 1.82) is 0 Å². The second-order valence-electron chi connectivity index (χ2n) is 6.98. The lowest BCUT2D eigenvalue weighted by Crippen LogP contribution is -2.38. The zero-order valence-electron chi connectivity index (χ0n) is 15.2. The third-order valence-electron chi connectivity index (χ3n) is 4.88. The largest absolute Gasteiger partial charge is 0.493 e. The summed E-state index contributed by atoms with van der Waals surface area (Å²) in [6.07, 6.45) is 9.73. The van der Waals surface area contributed by atoms with Crippen LogP contribution in [0.1, 0.15) is 18.4 Å². The normalized spacial score (nSPS) is 17.1. The second kappa shape index (κ2) is 8.20. The van der Waals surface area contributed by atoms with Gasteiger partial charge in [0.25, 0.3) is 0 Å². The van der Waals surface area contributed by atoms with Gasteiger partial charge in [0.1, 0.15) is 17.4 Å². The first-order chi connectivity index (χ1) is 13.3. The first-order valence-electron chi connectivity index (χ1n) is 9.30. The van der Waals surface area contributed by atoms with Crippen LogP contribution in [0.15, 0.2) is 61.3 Å². The fraction of sp³-hybridized carbons (Fsp3) is 0.333. The van der Waals surface area contributed by atoms with Gasteiger partial charge in [-0.15, -0.1) is 0 Å². The summed E-state index contributed by atoms with van der Waals surface area (Å²) < 4.78 is 20.8. The Kier molecular flexibility index (Phi) is 5.32. The van der Waals surface area contributed by atoms with E-state index in [0.717, 1.165) is 49.6 Å². The summed E-state index contributed by atoms with van der Waals surface area (Å²) in [4.78, 5) is 11.0. The lowest BCUT2D eigenvalue weighted by molar-refractivity contribution is 0.228. The third kappa shape index (κ3) is 4.64. The lowest BCUT2D eigenvalue weighted by atomic mass is 9.99. The summed E-state index contributed by atoms with van der Waals surface area (Å²) in [6, 6.07) is 10.4. The number of piperidine rings is 1. The van der Waals surface area contributed by atoms with Crippen molar-refractivity contribution < 1.29 is 9.13 Å². The van der Waals surface area contributed by atoms with Crippen molar-refractivity contribution in [3.8, 4) is 5.75 Å². The molecule has 5 nitrogen and oxygen atoms in total. The van der Waals surface area contributed by atoms with Crippen LogP contribution < -0.4 is 9.64 Å². The average molecular weight is 366 g/mol. The van der Waals surface area contributed by atoms with Crippen LogP contribution in [-0.2, 0) is 6.54 Å². The first kappa shape index (κ1) is 17.5. The molecule has 1 saturated heterocycles. The molecule has 1 fully saturated rings. The molecular formula is C21H23FN4O. The molecule has 4 rings (SSSR count). The van der Waals surface area contributed by atoms with E-state index in [-0.39, 0.29) is 5.82 Å². The summed E-state index contributed by atoms with van der Waals surface area (Å²) in [5.74, 6) is 1.93. The number of rotatable bonds is 6. The van der Waals surface area contributed by atoms with E-state index in [2.05, 4.69) is 27.0 Å². The van der Waals surface area contributed by atoms with Gasteiger partial charge in [-0.3, -0.25) is 0 Å². The van der Waals surface area contributed by atoms with Gasteiger partial charge < -0.3 is 14.2 Å². The van der Waals surface area contributed by atoms with E-state index in [4.69, 9.17) is 4.74 Å². The maximum Gasteiger partial charge on any atom is 0.128 e. The van der Waals surface area contributed by atoms with E-state index in [9.17, 15) is 4.39 Å². The van der Waals surface area contributed by atoms with Crippen LogP contribution in [-0.4, -0.2) is 34.2 Å².